The molecule has 2 N–H and O–H groups in total. The maximum Gasteiger partial charge on any atom is 0.191 e. The molecule has 6 heteroatoms. The topological polar surface area (TPSA) is 62.5 Å². The molecule has 5 nitrogen and oxygen atoms in total. The van der Waals surface area contributed by atoms with Crippen molar-refractivity contribution in [3.8, 4) is 0 Å². The molecule has 0 atom stereocenters. The van der Waals surface area contributed by atoms with E-state index >= 15 is 0 Å². The Morgan fingerprint density at radius 1 is 1.04 bits per heavy atom. The smallest absolute Gasteiger partial charge is 0.191 e. The zero-order valence-electron chi connectivity index (χ0n) is 17.2. The van der Waals surface area contributed by atoms with Gasteiger partial charge in [0.25, 0.3) is 0 Å². The molecule has 0 fully saturated rings. The molecule has 0 bridgehead atoms. The van der Waals surface area contributed by atoms with E-state index in [-0.39, 0.29) is 24.0 Å². The van der Waals surface area contributed by atoms with Gasteiger partial charge in [0.2, 0.25) is 0 Å². The van der Waals surface area contributed by atoms with Crippen molar-refractivity contribution in [2.75, 3.05) is 19.6 Å². The van der Waals surface area contributed by atoms with Gasteiger partial charge in [-0.2, -0.15) is 0 Å². The number of aryl methyl sites for hydroxylation is 4. The Hall–Kier alpha value is -1.57. The zero-order chi connectivity index (χ0) is 18.9. The monoisotopic (exact) mass is 484 g/mol. The van der Waals surface area contributed by atoms with Crippen LogP contribution in [0.2, 0.25) is 0 Å². The fourth-order valence-corrected chi connectivity index (χ4v) is 3.19. The molecule has 2 aromatic rings. The Morgan fingerprint density at radius 3 is 2.33 bits per heavy atom. The summed E-state index contributed by atoms with van der Waals surface area (Å²) < 4.78 is 5.21. The number of hydrogen-bond acceptors (Lipinski definition) is 3. The number of aliphatic imine (C=N–C) groups is 1. The molecule has 0 aliphatic rings. The lowest BCUT2D eigenvalue weighted by molar-refractivity contribution is 0.392. The third kappa shape index (κ3) is 7.91. The molecule has 0 amide bonds. The fraction of sp³-hybridized carbons (Fsp3) is 0.524. The molecule has 0 aliphatic heterocycles. The van der Waals surface area contributed by atoms with Crippen molar-refractivity contribution in [3.05, 3.63) is 51.9 Å². The van der Waals surface area contributed by atoms with E-state index in [2.05, 4.69) is 59.8 Å². The third-order valence-corrected chi connectivity index (χ3v) is 4.37. The van der Waals surface area contributed by atoms with E-state index < -0.39 is 0 Å². The van der Waals surface area contributed by atoms with Gasteiger partial charge in [-0.05, 0) is 59.4 Å². The van der Waals surface area contributed by atoms with Crippen LogP contribution in [-0.4, -0.2) is 30.8 Å². The summed E-state index contributed by atoms with van der Waals surface area (Å²) >= 11 is 0. The lowest BCUT2D eigenvalue weighted by Gasteiger charge is -2.12. The quantitative estimate of drug-likeness (QED) is 0.255. The van der Waals surface area contributed by atoms with Gasteiger partial charge in [-0.3, -0.25) is 4.99 Å². The molecule has 2 rings (SSSR count). The third-order valence-electron chi connectivity index (χ3n) is 4.37. The van der Waals surface area contributed by atoms with Gasteiger partial charge in [0.1, 0.15) is 5.76 Å². The molecule has 0 unspecified atom stereocenters. The Balaban J connectivity index is 0.00000364. The summed E-state index contributed by atoms with van der Waals surface area (Å²) in [7, 11) is 0. The van der Waals surface area contributed by atoms with Crippen molar-refractivity contribution < 1.29 is 4.52 Å². The lowest BCUT2D eigenvalue weighted by atomic mass is 10.1. The first kappa shape index (κ1) is 23.5. The number of hydrogen-bond donors (Lipinski definition) is 2. The first-order chi connectivity index (χ1) is 12.5. The summed E-state index contributed by atoms with van der Waals surface area (Å²) in [6.45, 7) is 12.9. The number of nitrogens with zero attached hydrogens (tertiary/aromatic N) is 2. The number of halogens is 1. The van der Waals surface area contributed by atoms with E-state index in [9.17, 15) is 0 Å². The van der Waals surface area contributed by atoms with E-state index in [1.165, 1.54) is 22.3 Å². The minimum absolute atomic E-state index is 0. The average Bonchev–Trinajstić information content (AvgIpc) is 2.89. The molecule has 0 saturated heterocycles. The maximum absolute atomic E-state index is 5.21. The van der Waals surface area contributed by atoms with E-state index in [4.69, 9.17) is 4.52 Å². The van der Waals surface area contributed by atoms with Crippen LogP contribution in [0, 0.1) is 27.7 Å². The standard InChI is InChI=1S/C21H32N4O.HI/c1-6-22-21(23-10-7-8-20-17(4)25-26-18(20)5)24-11-9-19-13-15(2)12-16(3)14-19;/h12-14H,6-11H2,1-5H3,(H2,22,23,24);1H. The van der Waals surface area contributed by atoms with Gasteiger partial charge in [-0.15, -0.1) is 24.0 Å². The van der Waals surface area contributed by atoms with Crippen LogP contribution in [0.15, 0.2) is 27.7 Å². The molecule has 27 heavy (non-hydrogen) atoms. The van der Waals surface area contributed by atoms with Crippen molar-refractivity contribution in [1.82, 2.24) is 15.8 Å². The fourth-order valence-electron chi connectivity index (χ4n) is 3.19. The normalized spacial score (nSPS) is 11.2. The van der Waals surface area contributed by atoms with Crippen molar-refractivity contribution >= 4 is 29.9 Å². The Kier molecular flexibility index (Phi) is 10.4. The highest BCUT2D eigenvalue weighted by molar-refractivity contribution is 14.0. The van der Waals surface area contributed by atoms with E-state index in [0.717, 1.165) is 56.3 Å². The van der Waals surface area contributed by atoms with E-state index in [1.54, 1.807) is 0 Å². The van der Waals surface area contributed by atoms with Crippen LogP contribution in [0.25, 0.3) is 0 Å². The summed E-state index contributed by atoms with van der Waals surface area (Å²) in [5.41, 5.74) is 6.21. The molecule has 0 spiro atoms. The molecule has 0 radical (unpaired) electrons. The van der Waals surface area contributed by atoms with Gasteiger partial charge in [0.15, 0.2) is 5.96 Å². The van der Waals surface area contributed by atoms with Crippen LogP contribution in [-0.2, 0) is 12.8 Å². The second-order valence-corrected chi connectivity index (χ2v) is 6.84. The van der Waals surface area contributed by atoms with Crippen molar-refractivity contribution in [2.45, 2.75) is 53.9 Å². The molecule has 0 saturated carbocycles. The number of aromatic nitrogens is 1. The molecule has 1 aromatic carbocycles. The molecular weight excluding hydrogens is 451 g/mol. The van der Waals surface area contributed by atoms with Gasteiger partial charge >= 0.3 is 0 Å². The molecular formula is C21H33IN4O. The van der Waals surface area contributed by atoms with Gasteiger partial charge in [-0.1, -0.05) is 34.5 Å². The predicted molar refractivity (Wildman–Crippen MR) is 123 cm³/mol. The molecule has 0 aliphatic carbocycles. The highest BCUT2D eigenvalue weighted by Crippen LogP contribution is 2.14. The average molecular weight is 484 g/mol. The van der Waals surface area contributed by atoms with Gasteiger partial charge in [0, 0.05) is 25.2 Å². The first-order valence-corrected chi connectivity index (χ1v) is 9.50. The number of benzene rings is 1. The molecule has 1 heterocycles. The van der Waals surface area contributed by atoms with Gasteiger partial charge < -0.3 is 15.2 Å². The summed E-state index contributed by atoms with van der Waals surface area (Å²) in [4.78, 5) is 4.68. The highest BCUT2D eigenvalue weighted by Gasteiger charge is 2.08. The van der Waals surface area contributed by atoms with Crippen LogP contribution in [0.5, 0.6) is 0 Å². The summed E-state index contributed by atoms with van der Waals surface area (Å²) in [6.07, 6.45) is 2.93. The van der Waals surface area contributed by atoms with Crippen molar-refractivity contribution in [1.29, 1.82) is 0 Å². The summed E-state index contributed by atoms with van der Waals surface area (Å²) in [5, 5.41) is 10.8. The summed E-state index contributed by atoms with van der Waals surface area (Å²) in [5.74, 6) is 1.81. The highest BCUT2D eigenvalue weighted by atomic mass is 127. The Bertz CT molecular complexity index is 700. The van der Waals surface area contributed by atoms with Crippen LogP contribution < -0.4 is 10.6 Å². The molecule has 150 valence electrons. The van der Waals surface area contributed by atoms with Gasteiger partial charge in [-0.25, -0.2) is 0 Å². The lowest BCUT2D eigenvalue weighted by Crippen LogP contribution is -2.38. The Morgan fingerprint density at radius 2 is 1.74 bits per heavy atom. The van der Waals surface area contributed by atoms with Crippen molar-refractivity contribution in [2.24, 2.45) is 4.99 Å². The van der Waals surface area contributed by atoms with E-state index in [1.807, 2.05) is 13.8 Å². The van der Waals surface area contributed by atoms with E-state index in [0.29, 0.717) is 0 Å². The van der Waals surface area contributed by atoms with Gasteiger partial charge in [0.05, 0.1) is 5.69 Å². The first-order valence-electron chi connectivity index (χ1n) is 9.50. The van der Waals surface area contributed by atoms with Crippen LogP contribution in [0.4, 0.5) is 0 Å². The number of rotatable bonds is 8. The predicted octanol–water partition coefficient (Wildman–Crippen LogP) is 4.26. The summed E-state index contributed by atoms with van der Waals surface area (Å²) in [6, 6.07) is 6.71. The number of guanidine groups is 1. The number of nitrogens with one attached hydrogen (secondary N) is 2. The van der Waals surface area contributed by atoms with Crippen LogP contribution >= 0.6 is 24.0 Å². The van der Waals surface area contributed by atoms with Crippen LogP contribution in [0.1, 0.15) is 47.1 Å². The largest absolute Gasteiger partial charge is 0.361 e. The maximum atomic E-state index is 5.21. The van der Waals surface area contributed by atoms with Crippen molar-refractivity contribution in [3.63, 3.8) is 0 Å². The minimum Gasteiger partial charge on any atom is -0.361 e. The SMILES string of the molecule is CCNC(=NCCCc1c(C)noc1C)NCCc1cc(C)cc(C)c1.I. The Labute approximate surface area is 180 Å². The second-order valence-electron chi connectivity index (χ2n) is 6.84. The van der Waals surface area contributed by atoms with Crippen LogP contribution in [0.3, 0.4) is 0 Å². The zero-order valence-corrected chi connectivity index (χ0v) is 19.5. The molecule has 1 aromatic heterocycles. The minimum atomic E-state index is 0. The second kappa shape index (κ2) is 12.0.